The lowest BCUT2D eigenvalue weighted by Crippen LogP contribution is -2.52. The van der Waals surface area contributed by atoms with Crippen molar-refractivity contribution >= 4 is 46.3 Å². The SMILES string of the molecule is C=N/C=C(\C=C/C)[C@H](Nc1cc(Cl)c2ncc(C#N)c(Nc3cnc(F)c(F)c3)c2c1)C1=CN(C2COC2)NN1. The van der Waals surface area contributed by atoms with E-state index in [0.717, 1.165) is 23.5 Å². The molecule has 40 heavy (non-hydrogen) atoms. The Morgan fingerprint density at radius 2 is 2.12 bits per heavy atom. The second-order valence-electron chi connectivity index (χ2n) is 8.94. The molecule has 1 aromatic carbocycles. The number of aromatic nitrogens is 2. The average Bonchev–Trinajstić information content (AvgIpc) is 3.37. The molecule has 0 amide bonds. The smallest absolute Gasteiger partial charge is 0.249 e. The summed E-state index contributed by atoms with van der Waals surface area (Å²) in [5, 5.41) is 19.0. The lowest BCUT2D eigenvalue weighted by atomic mass is 10.0. The summed E-state index contributed by atoms with van der Waals surface area (Å²) in [4.78, 5) is 11.7. The molecule has 0 unspecified atom stereocenters. The van der Waals surface area contributed by atoms with Crippen LogP contribution in [0.4, 0.5) is 25.8 Å². The van der Waals surface area contributed by atoms with Gasteiger partial charge in [-0.15, -0.1) is 5.53 Å². The van der Waals surface area contributed by atoms with Crippen LogP contribution in [0, 0.1) is 23.1 Å². The summed E-state index contributed by atoms with van der Waals surface area (Å²) in [5.41, 5.74) is 9.60. The number of halogens is 3. The molecule has 2 aromatic heterocycles. The van der Waals surface area contributed by atoms with Crippen LogP contribution in [0.25, 0.3) is 10.9 Å². The summed E-state index contributed by atoms with van der Waals surface area (Å²) < 4.78 is 32.6. The first-order chi connectivity index (χ1) is 19.4. The van der Waals surface area contributed by atoms with Crippen LogP contribution in [0.5, 0.6) is 0 Å². The number of aliphatic imine (C=N–C) groups is 1. The second kappa shape index (κ2) is 11.7. The van der Waals surface area contributed by atoms with Crippen molar-refractivity contribution < 1.29 is 13.5 Å². The van der Waals surface area contributed by atoms with Gasteiger partial charge in [0.15, 0.2) is 5.82 Å². The predicted octanol–water partition coefficient (Wildman–Crippen LogP) is 4.68. The van der Waals surface area contributed by atoms with Crippen molar-refractivity contribution in [1.82, 2.24) is 25.9 Å². The van der Waals surface area contributed by atoms with Crippen LogP contribution in [0.1, 0.15) is 12.5 Å². The summed E-state index contributed by atoms with van der Waals surface area (Å²) in [6.45, 7) is 6.73. The Labute approximate surface area is 233 Å². The number of allylic oxidation sites excluding steroid dienone is 1. The molecular formula is C27H24ClF2N9O. The zero-order valence-corrected chi connectivity index (χ0v) is 22.0. The number of nitriles is 1. The summed E-state index contributed by atoms with van der Waals surface area (Å²) in [6.07, 6.45) is 9.89. The van der Waals surface area contributed by atoms with Crippen molar-refractivity contribution in [3.63, 3.8) is 0 Å². The zero-order chi connectivity index (χ0) is 28.2. The summed E-state index contributed by atoms with van der Waals surface area (Å²) in [6, 6.07) is 6.29. The van der Waals surface area contributed by atoms with Crippen molar-refractivity contribution in [2.45, 2.75) is 19.0 Å². The van der Waals surface area contributed by atoms with Gasteiger partial charge in [0.2, 0.25) is 5.95 Å². The van der Waals surface area contributed by atoms with Crippen LogP contribution < -0.4 is 21.6 Å². The van der Waals surface area contributed by atoms with E-state index in [4.69, 9.17) is 16.3 Å². The Balaban J connectivity index is 1.57. The Morgan fingerprint density at radius 3 is 2.80 bits per heavy atom. The third-order valence-corrected chi connectivity index (χ3v) is 6.58. The fourth-order valence-corrected chi connectivity index (χ4v) is 4.55. The van der Waals surface area contributed by atoms with Gasteiger partial charge in [-0.1, -0.05) is 23.8 Å². The number of hydrogen-bond donors (Lipinski definition) is 4. The molecule has 1 atom stereocenters. The number of fused-ring (bicyclic) bond motifs is 1. The average molecular weight is 564 g/mol. The van der Waals surface area contributed by atoms with Crippen molar-refractivity contribution in [1.29, 1.82) is 5.26 Å². The molecule has 4 heterocycles. The van der Waals surface area contributed by atoms with Crippen molar-refractivity contribution in [3.8, 4) is 6.07 Å². The van der Waals surface area contributed by atoms with Gasteiger partial charge in [-0.25, -0.2) is 9.37 Å². The van der Waals surface area contributed by atoms with Crippen molar-refractivity contribution in [2.75, 3.05) is 23.8 Å². The van der Waals surface area contributed by atoms with E-state index in [2.05, 4.69) is 49.3 Å². The number of hydrogen-bond acceptors (Lipinski definition) is 10. The molecule has 10 nitrogen and oxygen atoms in total. The largest absolute Gasteiger partial charge is 0.377 e. The molecule has 0 spiro atoms. The molecule has 0 aliphatic carbocycles. The Kier molecular flexibility index (Phi) is 7.88. The minimum atomic E-state index is -1.22. The third kappa shape index (κ3) is 5.43. The molecule has 5 rings (SSSR count). The fraction of sp³-hybridized carbons (Fsp3) is 0.185. The van der Waals surface area contributed by atoms with E-state index < -0.39 is 17.8 Å². The van der Waals surface area contributed by atoms with Crippen molar-refractivity contribution in [2.24, 2.45) is 4.99 Å². The van der Waals surface area contributed by atoms with Gasteiger partial charge in [0.1, 0.15) is 6.07 Å². The molecule has 13 heteroatoms. The van der Waals surface area contributed by atoms with Gasteiger partial charge in [0.05, 0.1) is 64.7 Å². The molecule has 0 saturated carbocycles. The summed E-state index contributed by atoms with van der Waals surface area (Å²) >= 11 is 6.66. The minimum absolute atomic E-state index is 0.150. The first kappa shape index (κ1) is 27.0. The van der Waals surface area contributed by atoms with Crippen LogP contribution in [0.3, 0.4) is 0 Å². The fourth-order valence-electron chi connectivity index (χ4n) is 4.29. The highest BCUT2D eigenvalue weighted by molar-refractivity contribution is 6.36. The van der Waals surface area contributed by atoms with Gasteiger partial charge >= 0.3 is 0 Å². The number of rotatable bonds is 9. The van der Waals surface area contributed by atoms with E-state index in [1.807, 2.05) is 30.3 Å². The number of nitrogens with zero attached hydrogens (tertiary/aromatic N) is 5. The normalized spacial score (nSPS) is 16.3. The summed E-state index contributed by atoms with van der Waals surface area (Å²) in [5.74, 6) is -2.35. The molecule has 4 N–H and O–H groups in total. The number of pyridine rings is 2. The Hall–Kier alpha value is -4.57. The first-order valence-electron chi connectivity index (χ1n) is 12.2. The topological polar surface area (TPSA) is 123 Å². The molecule has 204 valence electrons. The maximum absolute atomic E-state index is 13.9. The quantitative estimate of drug-likeness (QED) is 0.167. The van der Waals surface area contributed by atoms with Gasteiger partial charge in [-0.3, -0.25) is 15.0 Å². The minimum Gasteiger partial charge on any atom is -0.377 e. The lowest BCUT2D eigenvalue weighted by Gasteiger charge is -2.33. The molecule has 3 aromatic rings. The Morgan fingerprint density at radius 1 is 1.30 bits per heavy atom. The van der Waals surface area contributed by atoms with E-state index in [1.165, 1.54) is 6.20 Å². The van der Waals surface area contributed by atoms with Crippen LogP contribution in [-0.2, 0) is 4.74 Å². The molecule has 2 aliphatic heterocycles. The van der Waals surface area contributed by atoms with Gasteiger partial charge in [0.25, 0.3) is 0 Å². The van der Waals surface area contributed by atoms with Gasteiger partial charge in [-0.05, 0) is 31.3 Å². The second-order valence-corrected chi connectivity index (χ2v) is 9.35. The van der Waals surface area contributed by atoms with E-state index >= 15 is 0 Å². The molecular weight excluding hydrogens is 540 g/mol. The highest BCUT2D eigenvalue weighted by Crippen LogP contribution is 2.36. The van der Waals surface area contributed by atoms with E-state index in [0.29, 0.717) is 40.5 Å². The highest BCUT2D eigenvalue weighted by atomic mass is 35.5. The lowest BCUT2D eigenvalue weighted by molar-refractivity contribution is -0.0635. The van der Waals surface area contributed by atoms with Crippen LogP contribution in [-0.4, -0.2) is 47.0 Å². The third-order valence-electron chi connectivity index (χ3n) is 6.29. The maximum atomic E-state index is 13.9. The molecule has 0 radical (unpaired) electrons. The van der Waals surface area contributed by atoms with Crippen molar-refractivity contribution in [3.05, 3.63) is 88.8 Å². The van der Waals surface area contributed by atoms with Crippen LogP contribution in [0.15, 0.2) is 71.4 Å². The molecule has 2 aliphatic rings. The number of nitrogens with one attached hydrogen (secondary N) is 4. The highest BCUT2D eigenvalue weighted by Gasteiger charge is 2.30. The van der Waals surface area contributed by atoms with Gasteiger partial charge in [-0.2, -0.15) is 9.65 Å². The van der Waals surface area contributed by atoms with Crippen LogP contribution >= 0.6 is 11.6 Å². The molecule has 1 fully saturated rings. The first-order valence-corrected chi connectivity index (χ1v) is 12.5. The zero-order valence-electron chi connectivity index (χ0n) is 21.3. The van der Waals surface area contributed by atoms with Crippen LogP contribution in [0.2, 0.25) is 5.02 Å². The standard InChI is InChI=1S/C27H24ClF2N9O/c1-3-4-15(9-32-2)25(23-12-39(38-37-23)19-13-40-14-19)35-17-5-20-24(36-18-7-22(29)27(30)34-11-18)16(8-31)10-33-26(20)21(28)6-17/h3-7,9-12,19,25,35,37-38H,2,13-14H2,1H3,(H,33,36)/b4-3-,15-9+/t25-/m0/s1. The van der Waals surface area contributed by atoms with Gasteiger partial charge in [0, 0.05) is 35.7 Å². The van der Waals surface area contributed by atoms with Gasteiger partial charge < -0.3 is 20.8 Å². The predicted molar refractivity (Wildman–Crippen MR) is 150 cm³/mol. The Bertz CT molecular complexity index is 1600. The number of benzene rings is 1. The number of hydrazine groups is 2. The number of anilines is 3. The summed E-state index contributed by atoms with van der Waals surface area (Å²) in [7, 11) is 0. The molecule has 1 saturated heterocycles. The molecule has 0 bridgehead atoms. The van der Waals surface area contributed by atoms with E-state index in [-0.39, 0.29) is 17.3 Å². The van der Waals surface area contributed by atoms with E-state index in [9.17, 15) is 14.0 Å². The van der Waals surface area contributed by atoms with E-state index in [1.54, 1.807) is 18.3 Å². The number of ether oxygens (including phenoxy) is 1. The monoisotopic (exact) mass is 563 g/mol. The maximum Gasteiger partial charge on any atom is 0.249 e.